The number of para-hydroxylation sites is 1. The molecule has 1 saturated heterocycles. The molecule has 116 valence electrons. The van der Waals surface area contributed by atoms with Gasteiger partial charge < -0.3 is 15.0 Å². The van der Waals surface area contributed by atoms with Gasteiger partial charge in [-0.3, -0.25) is 0 Å². The Morgan fingerprint density at radius 1 is 1.24 bits per heavy atom. The quantitative estimate of drug-likeness (QED) is 0.919. The molecule has 1 aromatic carbocycles. The fraction of sp³-hybridized carbons (Fsp3) is 0.667. The average molecular weight is 288 g/mol. The zero-order valence-electron chi connectivity index (χ0n) is 13.6. The number of piperidine rings is 1. The van der Waals surface area contributed by atoms with Crippen molar-refractivity contribution in [3.8, 4) is 5.75 Å². The van der Waals surface area contributed by atoms with Crippen LogP contribution in [0.4, 0.5) is 0 Å². The fourth-order valence-corrected chi connectivity index (χ4v) is 3.69. The van der Waals surface area contributed by atoms with Gasteiger partial charge in [-0.2, -0.15) is 0 Å². The van der Waals surface area contributed by atoms with Gasteiger partial charge in [0.1, 0.15) is 11.4 Å². The molecule has 3 rings (SSSR count). The summed E-state index contributed by atoms with van der Waals surface area (Å²) in [7, 11) is 0. The highest BCUT2D eigenvalue weighted by Crippen LogP contribution is 2.43. The molecule has 2 heterocycles. The van der Waals surface area contributed by atoms with E-state index in [1.807, 2.05) is 0 Å². The minimum atomic E-state index is -0.162. The van der Waals surface area contributed by atoms with E-state index in [1.54, 1.807) is 0 Å². The molecule has 0 bridgehead atoms. The molecule has 1 N–H and O–H groups in total. The first-order valence-corrected chi connectivity index (χ1v) is 8.36. The Balaban J connectivity index is 1.65. The third kappa shape index (κ3) is 3.09. The Bertz CT molecular complexity index is 478. The molecule has 1 unspecified atom stereocenters. The van der Waals surface area contributed by atoms with Crippen LogP contribution in [0.2, 0.25) is 0 Å². The van der Waals surface area contributed by atoms with Gasteiger partial charge in [-0.1, -0.05) is 25.1 Å². The second kappa shape index (κ2) is 5.98. The van der Waals surface area contributed by atoms with Gasteiger partial charge in [-0.15, -0.1) is 0 Å². The van der Waals surface area contributed by atoms with E-state index >= 15 is 0 Å². The molecule has 1 aromatic rings. The third-order valence-corrected chi connectivity index (χ3v) is 4.83. The lowest BCUT2D eigenvalue weighted by atomic mass is 9.92. The van der Waals surface area contributed by atoms with E-state index in [1.165, 1.54) is 44.5 Å². The Labute approximate surface area is 128 Å². The number of nitrogens with one attached hydrogen (secondary N) is 1. The number of hydrogen-bond donors (Lipinski definition) is 1. The summed E-state index contributed by atoms with van der Waals surface area (Å²) in [5.41, 5.74) is 1.16. The molecule has 0 amide bonds. The first kappa shape index (κ1) is 14.9. The van der Waals surface area contributed by atoms with E-state index in [0.29, 0.717) is 12.1 Å². The molecule has 1 fully saturated rings. The van der Waals surface area contributed by atoms with Crippen LogP contribution in [0.1, 0.15) is 51.6 Å². The van der Waals surface area contributed by atoms with Crippen LogP contribution in [-0.4, -0.2) is 36.2 Å². The lowest BCUT2D eigenvalue weighted by Crippen LogP contribution is -2.48. The van der Waals surface area contributed by atoms with Gasteiger partial charge in [-0.05, 0) is 58.8 Å². The van der Waals surface area contributed by atoms with Gasteiger partial charge in [-0.25, -0.2) is 0 Å². The minimum absolute atomic E-state index is 0.162. The molecular formula is C18H28N2O. The molecule has 0 aromatic heterocycles. The van der Waals surface area contributed by atoms with Crippen LogP contribution >= 0.6 is 0 Å². The van der Waals surface area contributed by atoms with Crippen molar-refractivity contribution in [1.29, 1.82) is 0 Å². The SMILES string of the molecule is CCCN1CCC(NC2c3ccccc3OC2(C)C)CC1. The summed E-state index contributed by atoms with van der Waals surface area (Å²) in [5, 5.41) is 3.88. The standard InChI is InChI=1S/C18H28N2O/c1-4-11-20-12-9-14(10-13-20)19-17-15-7-5-6-8-16(15)21-18(17,2)3/h5-8,14,17,19H,4,9-13H2,1-3H3. The molecular weight excluding hydrogens is 260 g/mol. The van der Waals surface area contributed by atoms with Gasteiger partial charge in [0.05, 0.1) is 6.04 Å². The summed E-state index contributed by atoms with van der Waals surface area (Å²) in [4.78, 5) is 2.59. The number of benzene rings is 1. The smallest absolute Gasteiger partial charge is 0.125 e. The second-order valence-corrected chi connectivity index (χ2v) is 6.96. The average Bonchev–Trinajstić information content (AvgIpc) is 2.72. The summed E-state index contributed by atoms with van der Waals surface area (Å²) in [6.45, 7) is 10.3. The highest BCUT2D eigenvalue weighted by molar-refractivity contribution is 5.42. The lowest BCUT2D eigenvalue weighted by Gasteiger charge is -2.36. The molecule has 1 atom stereocenters. The number of rotatable bonds is 4. The van der Waals surface area contributed by atoms with Crippen molar-refractivity contribution in [3.63, 3.8) is 0 Å². The van der Waals surface area contributed by atoms with Crippen molar-refractivity contribution in [2.75, 3.05) is 19.6 Å². The van der Waals surface area contributed by atoms with Crippen molar-refractivity contribution in [3.05, 3.63) is 29.8 Å². The maximum Gasteiger partial charge on any atom is 0.125 e. The summed E-state index contributed by atoms with van der Waals surface area (Å²) in [6.07, 6.45) is 3.75. The first-order chi connectivity index (χ1) is 10.1. The highest BCUT2D eigenvalue weighted by atomic mass is 16.5. The minimum Gasteiger partial charge on any atom is -0.486 e. The molecule has 0 aliphatic carbocycles. The molecule has 3 heteroatoms. The fourth-order valence-electron chi connectivity index (χ4n) is 3.69. The summed E-state index contributed by atoms with van der Waals surface area (Å²) >= 11 is 0. The van der Waals surface area contributed by atoms with E-state index in [-0.39, 0.29) is 5.60 Å². The third-order valence-electron chi connectivity index (χ3n) is 4.83. The van der Waals surface area contributed by atoms with Crippen molar-refractivity contribution in [1.82, 2.24) is 10.2 Å². The van der Waals surface area contributed by atoms with Crippen LogP contribution in [0.5, 0.6) is 5.75 Å². The maximum absolute atomic E-state index is 6.14. The molecule has 3 nitrogen and oxygen atoms in total. The second-order valence-electron chi connectivity index (χ2n) is 6.96. The molecule has 0 radical (unpaired) electrons. The van der Waals surface area contributed by atoms with E-state index in [0.717, 1.165) is 5.75 Å². The van der Waals surface area contributed by atoms with Crippen LogP contribution in [0.3, 0.4) is 0 Å². The molecule has 0 spiro atoms. The first-order valence-electron chi connectivity index (χ1n) is 8.36. The zero-order valence-corrected chi connectivity index (χ0v) is 13.6. The Hall–Kier alpha value is -1.06. The highest BCUT2D eigenvalue weighted by Gasteiger charge is 2.41. The zero-order chi connectivity index (χ0) is 14.9. The Morgan fingerprint density at radius 3 is 2.67 bits per heavy atom. The lowest BCUT2D eigenvalue weighted by molar-refractivity contribution is 0.0827. The normalized spacial score (nSPS) is 25.6. The van der Waals surface area contributed by atoms with Gasteiger partial charge in [0, 0.05) is 11.6 Å². The van der Waals surface area contributed by atoms with Crippen LogP contribution in [0, 0.1) is 0 Å². The van der Waals surface area contributed by atoms with E-state index in [2.05, 4.69) is 55.3 Å². The topological polar surface area (TPSA) is 24.5 Å². The van der Waals surface area contributed by atoms with Crippen LogP contribution < -0.4 is 10.1 Å². The Morgan fingerprint density at radius 2 is 1.95 bits per heavy atom. The van der Waals surface area contributed by atoms with E-state index in [4.69, 9.17) is 4.74 Å². The largest absolute Gasteiger partial charge is 0.486 e. The van der Waals surface area contributed by atoms with Crippen molar-refractivity contribution < 1.29 is 4.74 Å². The number of ether oxygens (including phenoxy) is 1. The predicted octanol–water partition coefficient (Wildman–Crippen LogP) is 3.36. The van der Waals surface area contributed by atoms with Crippen molar-refractivity contribution in [2.45, 2.75) is 57.7 Å². The van der Waals surface area contributed by atoms with Crippen LogP contribution in [0.25, 0.3) is 0 Å². The molecule has 2 aliphatic rings. The van der Waals surface area contributed by atoms with Gasteiger partial charge in [0.2, 0.25) is 0 Å². The number of fused-ring (bicyclic) bond motifs is 1. The van der Waals surface area contributed by atoms with Crippen LogP contribution in [0.15, 0.2) is 24.3 Å². The van der Waals surface area contributed by atoms with E-state index in [9.17, 15) is 0 Å². The van der Waals surface area contributed by atoms with Crippen molar-refractivity contribution >= 4 is 0 Å². The predicted molar refractivity (Wildman–Crippen MR) is 86.8 cm³/mol. The molecule has 21 heavy (non-hydrogen) atoms. The number of nitrogens with zero attached hydrogens (tertiary/aromatic N) is 1. The monoisotopic (exact) mass is 288 g/mol. The molecule has 0 saturated carbocycles. The van der Waals surface area contributed by atoms with Gasteiger partial charge in [0.25, 0.3) is 0 Å². The number of hydrogen-bond acceptors (Lipinski definition) is 3. The number of likely N-dealkylation sites (tertiary alicyclic amines) is 1. The van der Waals surface area contributed by atoms with Crippen molar-refractivity contribution in [2.24, 2.45) is 0 Å². The van der Waals surface area contributed by atoms with E-state index < -0.39 is 0 Å². The summed E-state index contributed by atoms with van der Waals surface area (Å²) in [5.74, 6) is 1.04. The maximum atomic E-state index is 6.14. The summed E-state index contributed by atoms with van der Waals surface area (Å²) < 4.78 is 6.14. The van der Waals surface area contributed by atoms with Gasteiger partial charge >= 0.3 is 0 Å². The van der Waals surface area contributed by atoms with Gasteiger partial charge in [0.15, 0.2) is 0 Å². The van der Waals surface area contributed by atoms with Crippen LogP contribution in [-0.2, 0) is 0 Å². The Kier molecular flexibility index (Phi) is 4.23. The molecule has 2 aliphatic heterocycles. The summed E-state index contributed by atoms with van der Waals surface area (Å²) in [6, 6.07) is 9.37.